The van der Waals surface area contributed by atoms with Crippen molar-refractivity contribution in [3.63, 3.8) is 0 Å². The summed E-state index contributed by atoms with van der Waals surface area (Å²) >= 11 is 0. The van der Waals surface area contributed by atoms with Crippen molar-refractivity contribution in [2.45, 2.75) is 19.4 Å². The number of hydrogen-bond donors (Lipinski definition) is 1. The molecule has 1 aliphatic rings. The number of likely N-dealkylation sites (N-methyl/N-ethyl adjacent to an activating group) is 1. The molecular weight excluding hydrogens is 144 g/mol. The van der Waals surface area contributed by atoms with E-state index in [1.165, 1.54) is 0 Å². The molecule has 0 saturated carbocycles. The number of amides is 2. The Morgan fingerprint density at radius 3 is 2.82 bits per heavy atom. The molecule has 1 aliphatic heterocycles. The molecule has 1 N–H and O–H groups in total. The molecule has 1 rings (SSSR count). The van der Waals surface area contributed by atoms with Crippen LogP contribution < -0.4 is 5.32 Å². The smallest absolute Gasteiger partial charge is 0.244 e. The first kappa shape index (κ1) is 8.04. The van der Waals surface area contributed by atoms with Crippen LogP contribution in [0.1, 0.15) is 13.3 Å². The number of carbonyl (C=O) groups is 2. The van der Waals surface area contributed by atoms with Gasteiger partial charge in [0.2, 0.25) is 11.8 Å². The summed E-state index contributed by atoms with van der Waals surface area (Å²) in [6, 6.07) is -0.366. The molecule has 0 bridgehead atoms. The summed E-state index contributed by atoms with van der Waals surface area (Å²) in [4.78, 5) is 23.7. The third-order valence-corrected chi connectivity index (χ3v) is 1.80. The van der Waals surface area contributed by atoms with Gasteiger partial charge in [-0.1, -0.05) is 0 Å². The minimum atomic E-state index is -0.366. The number of nitrogens with zero attached hydrogens (tertiary/aromatic N) is 1. The molecule has 0 aliphatic carbocycles. The molecule has 1 atom stereocenters. The van der Waals surface area contributed by atoms with E-state index in [0.29, 0.717) is 13.0 Å². The molecule has 1 unspecified atom stereocenters. The quantitative estimate of drug-likeness (QED) is 0.507. The summed E-state index contributed by atoms with van der Waals surface area (Å²) < 4.78 is 0. The summed E-state index contributed by atoms with van der Waals surface area (Å²) in [5.41, 5.74) is 0. The van der Waals surface area contributed by atoms with Crippen LogP contribution >= 0.6 is 0 Å². The van der Waals surface area contributed by atoms with Gasteiger partial charge in [0.05, 0.1) is 0 Å². The normalized spacial score (nSPS) is 26.4. The third-order valence-electron chi connectivity index (χ3n) is 1.80. The molecule has 1 heterocycles. The van der Waals surface area contributed by atoms with Crippen molar-refractivity contribution in [3.05, 3.63) is 0 Å². The Kier molecular flexibility index (Phi) is 2.12. The molecule has 0 aromatic heterocycles. The number of hydrogen-bond acceptors (Lipinski definition) is 2. The van der Waals surface area contributed by atoms with E-state index in [1.54, 1.807) is 18.9 Å². The van der Waals surface area contributed by atoms with Crippen molar-refractivity contribution in [2.75, 3.05) is 13.6 Å². The standard InChI is InChI=1S/C7H12N2O2/c1-5-7(11)9(2)4-3-6(10)8-5/h5H,3-4H2,1-2H3,(H,8,10). The summed E-state index contributed by atoms with van der Waals surface area (Å²) in [7, 11) is 1.71. The molecule has 0 spiro atoms. The van der Waals surface area contributed by atoms with Crippen molar-refractivity contribution >= 4 is 11.8 Å². The predicted molar refractivity (Wildman–Crippen MR) is 39.9 cm³/mol. The van der Waals surface area contributed by atoms with Crippen LogP contribution in [-0.4, -0.2) is 36.3 Å². The van der Waals surface area contributed by atoms with E-state index in [-0.39, 0.29) is 17.9 Å². The maximum Gasteiger partial charge on any atom is 0.244 e. The molecule has 1 saturated heterocycles. The first-order chi connectivity index (χ1) is 5.11. The molecule has 4 heteroatoms. The summed E-state index contributed by atoms with van der Waals surface area (Å²) in [5, 5.41) is 2.59. The van der Waals surface area contributed by atoms with E-state index in [1.807, 2.05) is 0 Å². The molecule has 0 radical (unpaired) electrons. The topological polar surface area (TPSA) is 49.4 Å². The minimum Gasteiger partial charge on any atom is -0.345 e. The SMILES string of the molecule is CC1NC(=O)CCN(C)C1=O. The van der Waals surface area contributed by atoms with Crippen LogP contribution in [0.2, 0.25) is 0 Å². The zero-order valence-corrected chi connectivity index (χ0v) is 6.76. The largest absolute Gasteiger partial charge is 0.345 e. The molecule has 0 aromatic carbocycles. The van der Waals surface area contributed by atoms with Crippen molar-refractivity contribution in [2.24, 2.45) is 0 Å². The summed E-state index contributed by atoms with van der Waals surface area (Å²) in [5.74, 6) is -0.0638. The number of rotatable bonds is 0. The Morgan fingerprint density at radius 1 is 1.55 bits per heavy atom. The fraction of sp³-hybridized carbons (Fsp3) is 0.714. The lowest BCUT2D eigenvalue weighted by atomic mass is 10.3. The molecule has 62 valence electrons. The second kappa shape index (κ2) is 2.90. The van der Waals surface area contributed by atoms with Gasteiger partial charge in [-0.2, -0.15) is 0 Å². The van der Waals surface area contributed by atoms with E-state index in [4.69, 9.17) is 0 Å². The number of carbonyl (C=O) groups excluding carboxylic acids is 2. The average molecular weight is 156 g/mol. The molecule has 11 heavy (non-hydrogen) atoms. The Labute approximate surface area is 65.6 Å². The van der Waals surface area contributed by atoms with Gasteiger partial charge in [-0.15, -0.1) is 0 Å². The van der Waals surface area contributed by atoms with E-state index in [9.17, 15) is 9.59 Å². The van der Waals surface area contributed by atoms with E-state index < -0.39 is 0 Å². The maximum absolute atomic E-state index is 11.2. The summed E-state index contributed by atoms with van der Waals surface area (Å²) in [6.07, 6.45) is 0.409. The minimum absolute atomic E-state index is 0.0177. The van der Waals surface area contributed by atoms with Crippen molar-refractivity contribution in [1.82, 2.24) is 10.2 Å². The van der Waals surface area contributed by atoms with Gasteiger partial charge in [-0.25, -0.2) is 0 Å². The zero-order valence-electron chi connectivity index (χ0n) is 6.76. The van der Waals surface area contributed by atoms with Crippen molar-refractivity contribution < 1.29 is 9.59 Å². The lowest BCUT2D eigenvalue weighted by molar-refractivity contribution is -0.131. The van der Waals surface area contributed by atoms with Crippen LogP contribution in [0.4, 0.5) is 0 Å². The zero-order chi connectivity index (χ0) is 8.43. The van der Waals surface area contributed by atoms with E-state index in [2.05, 4.69) is 5.32 Å². The highest BCUT2D eigenvalue weighted by atomic mass is 16.2. The number of nitrogens with one attached hydrogen (secondary N) is 1. The fourth-order valence-electron chi connectivity index (χ4n) is 1.09. The lowest BCUT2D eigenvalue weighted by Gasteiger charge is -2.15. The van der Waals surface area contributed by atoms with Crippen LogP contribution in [0.25, 0.3) is 0 Å². The third kappa shape index (κ3) is 1.69. The second-order valence-corrected chi connectivity index (χ2v) is 2.80. The van der Waals surface area contributed by atoms with Gasteiger partial charge in [0.25, 0.3) is 0 Å². The fourth-order valence-corrected chi connectivity index (χ4v) is 1.09. The Hall–Kier alpha value is -1.06. The maximum atomic E-state index is 11.2. The van der Waals surface area contributed by atoms with Gasteiger partial charge < -0.3 is 10.2 Å². The highest BCUT2D eigenvalue weighted by molar-refractivity contribution is 5.89. The van der Waals surface area contributed by atoms with Gasteiger partial charge >= 0.3 is 0 Å². The van der Waals surface area contributed by atoms with Gasteiger partial charge in [0.15, 0.2) is 0 Å². The van der Waals surface area contributed by atoms with Crippen LogP contribution in [0.3, 0.4) is 0 Å². The molecule has 1 fully saturated rings. The van der Waals surface area contributed by atoms with Crippen LogP contribution in [0.5, 0.6) is 0 Å². The first-order valence-electron chi connectivity index (χ1n) is 3.65. The van der Waals surface area contributed by atoms with Gasteiger partial charge in [0, 0.05) is 20.0 Å². The molecule has 4 nitrogen and oxygen atoms in total. The van der Waals surface area contributed by atoms with Crippen molar-refractivity contribution in [3.8, 4) is 0 Å². The molecule has 2 amide bonds. The highest BCUT2D eigenvalue weighted by Gasteiger charge is 2.23. The molecular formula is C7H12N2O2. The Balaban J connectivity index is 2.68. The summed E-state index contributed by atoms with van der Waals surface area (Å²) in [6.45, 7) is 2.22. The van der Waals surface area contributed by atoms with Gasteiger partial charge in [-0.3, -0.25) is 9.59 Å². The monoisotopic (exact) mass is 156 g/mol. The Morgan fingerprint density at radius 2 is 2.18 bits per heavy atom. The Bertz CT molecular complexity index is 191. The second-order valence-electron chi connectivity index (χ2n) is 2.80. The van der Waals surface area contributed by atoms with E-state index in [0.717, 1.165) is 0 Å². The van der Waals surface area contributed by atoms with Crippen LogP contribution in [0, 0.1) is 0 Å². The van der Waals surface area contributed by atoms with E-state index >= 15 is 0 Å². The van der Waals surface area contributed by atoms with Gasteiger partial charge in [-0.05, 0) is 6.92 Å². The first-order valence-corrected chi connectivity index (χ1v) is 3.65. The van der Waals surface area contributed by atoms with Crippen molar-refractivity contribution in [1.29, 1.82) is 0 Å². The highest BCUT2D eigenvalue weighted by Crippen LogP contribution is 1.99. The predicted octanol–water partition coefficient (Wildman–Crippen LogP) is -0.647. The van der Waals surface area contributed by atoms with Gasteiger partial charge in [0.1, 0.15) is 6.04 Å². The van der Waals surface area contributed by atoms with Crippen LogP contribution in [-0.2, 0) is 9.59 Å². The van der Waals surface area contributed by atoms with Crippen LogP contribution in [0.15, 0.2) is 0 Å². The lowest BCUT2D eigenvalue weighted by Crippen LogP contribution is -2.40. The average Bonchev–Trinajstić information content (AvgIpc) is 2.05. The molecule has 0 aromatic rings.